The molecular weight excluding hydrogens is 398 g/mol. The Bertz CT molecular complexity index is 1150. The zero-order chi connectivity index (χ0) is 21.1. The third-order valence-corrected chi connectivity index (χ3v) is 5.77. The van der Waals surface area contributed by atoms with E-state index in [4.69, 9.17) is 9.47 Å². The highest BCUT2D eigenvalue weighted by Gasteiger charge is 2.35. The molecule has 2 amide bonds. The lowest BCUT2D eigenvalue weighted by atomic mass is 10.0. The van der Waals surface area contributed by atoms with Gasteiger partial charge in [-0.05, 0) is 58.8 Å². The summed E-state index contributed by atoms with van der Waals surface area (Å²) >= 11 is 0.956. The molecule has 5 nitrogen and oxygen atoms in total. The topological polar surface area (TPSA) is 55.8 Å². The maximum atomic E-state index is 12.9. The van der Waals surface area contributed by atoms with Crippen molar-refractivity contribution in [2.24, 2.45) is 0 Å². The van der Waals surface area contributed by atoms with E-state index in [1.165, 1.54) is 4.90 Å². The van der Waals surface area contributed by atoms with Gasteiger partial charge in [-0.15, -0.1) is 0 Å². The maximum absolute atomic E-state index is 12.9. The molecule has 1 saturated heterocycles. The van der Waals surface area contributed by atoms with Crippen molar-refractivity contribution in [1.29, 1.82) is 0 Å². The highest BCUT2D eigenvalue weighted by Crippen LogP contribution is 2.36. The van der Waals surface area contributed by atoms with Gasteiger partial charge in [0.05, 0.1) is 25.2 Å². The Balaban J connectivity index is 1.60. The lowest BCUT2D eigenvalue weighted by Crippen LogP contribution is -2.27. The Labute approximate surface area is 179 Å². The predicted octanol–water partition coefficient (Wildman–Crippen LogP) is 5.48. The molecule has 0 aliphatic carbocycles. The Hall–Kier alpha value is -3.25. The first-order chi connectivity index (χ1) is 14.6. The highest BCUT2D eigenvalue weighted by atomic mass is 32.2. The summed E-state index contributed by atoms with van der Waals surface area (Å²) in [6.45, 7) is 2.68. The van der Waals surface area contributed by atoms with Gasteiger partial charge >= 0.3 is 0 Å². The number of rotatable bonds is 6. The smallest absolute Gasteiger partial charge is 0.293 e. The third kappa shape index (κ3) is 3.91. The number of hydrogen-bond donors (Lipinski definition) is 0. The molecule has 0 unspecified atom stereocenters. The van der Waals surface area contributed by atoms with E-state index >= 15 is 0 Å². The van der Waals surface area contributed by atoms with Crippen LogP contribution in [0.2, 0.25) is 0 Å². The van der Waals surface area contributed by atoms with Gasteiger partial charge in [0.15, 0.2) is 11.5 Å². The monoisotopic (exact) mass is 419 g/mol. The molecule has 6 heteroatoms. The molecule has 1 aliphatic heterocycles. The Morgan fingerprint density at radius 3 is 2.60 bits per heavy atom. The van der Waals surface area contributed by atoms with Crippen LogP contribution in [0.4, 0.5) is 4.79 Å². The van der Waals surface area contributed by atoms with Crippen LogP contribution in [0.5, 0.6) is 11.5 Å². The number of imide groups is 1. The van der Waals surface area contributed by atoms with Crippen molar-refractivity contribution in [2.75, 3.05) is 13.7 Å². The van der Waals surface area contributed by atoms with E-state index < -0.39 is 0 Å². The van der Waals surface area contributed by atoms with Crippen LogP contribution in [-0.2, 0) is 11.3 Å². The Morgan fingerprint density at radius 1 is 1.00 bits per heavy atom. The van der Waals surface area contributed by atoms with Gasteiger partial charge in [0, 0.05) is 0 Å². The Kier molecular flexibility index (Phi) is 5.77. The molecule has 4 rings (SSSR count). The summed E-state index contributed by atoms with van der Waals surface area (Å²) in [5.74, 6) is 0.938. The molecule has 0 saturated carbocycles. The summed E-state index contributed by atoms with van der Waals surface area (Å²) in [5, 5.41) is 1.86. The molecule has 0 spiro atoms. The number of ether oxygens (including phenoxy) is 2. The number of amides is 2. The molecule has 1 aliphatic rings. The summed E-state index contributed by atoms with van der Waals surface area (Å²) in [4.78, 5) is 27.2. The van der Waals surface area contributed by atoms with Gasteiger partial charge in [-0.1, -0.05) is 48.5 Å². The lowest BCUT2D eigenvalue weighted by Gasteiger charge is -2.14. The van der Waals surface area contributed by atoms with Crippen LogP contribution in [0.25, 0.3) is 16.8 Å². The van der Waals surface area contributed by atoms with Crippen molar-refractivity contribution in [3.63, 3.8) is 0 Å². The quantitative estimate of drug-likeness (QED) is 0.495. The Morgan fingerprint density at radius 2 is 1.80 bits per heavy atom. The fourth-order valence-electron chi connectivity index (χ4n) is 3.44. The predicted molar refractivity (Wildman–Crippen MR) is 120 cm³/mol. The van der Waals surface area contributed by atoms with E-state index in [0.29, 0.717) is 23.0 Å². The molecule has 0 bridgehead atoms. The summed E-state index contributed by atoms with van der Waals surface area (Å²) < 4.78 is 10.9. The second kappa shape index (κ2) is 8.63. The third-order valence-electron chi connectivity index (χ3n) is 4.87. The average molecular weight is 420 g/mol. The van der Waals surface area contributed by atoms with Crippen molar-refractivity contribution in [3.05, 3.63) is 76.7 Å². The summed E-state index contributed by atoms with van der Waals surface area (Å²) in [6.07, 6.45) is 1.71. The molecule has 1 fully saturated rings. The number of methoxy groups -OCH3 is 1. The van der Waals surface area contributed by atoms with Crippen LogP contribution in [0, 0.1) is 0 Å². The fourth-order valence-corrected chi connectivity index (χ4v) is 4.28. The van der Waals surface area contributed by atoms with Gasteiger partial charge in [-0.25, -0.2) is 0 Å². The van der Waals surface area contributed by atoms with Gasteiger partial charge in [-0.3, -0.25) is 14.5 Å². The number of carbonyl (C=O) groups is 2. The minimum Gasteiger partial charge on any atom is -0.493 e. The maximum Gasteiger partial charge on any atom is 0.293 e. The number of benzene rings is 3. The number of carbonyl (C=O) groups excluding carboxylic acids is 2. The highest BCUT2D eigenvalue weighted by molar-refractivity contribution is 8.18. The molecule has 0 radical (unpaired) electrons. The number of nitrogens with zero attached hydrogens (tertiary/aromatic N) is 1. The van der Waals surface area contributed by atoms with Crippen molar-refractivity contribution in [2.45, 2.75) is 13.5 Å². The second-order valence-corrected chi connectivity index (χ2v) is 7.74. The van der Waals surface area contributed by atoms with E-state index in [2.05, 4.69) is 0 Å². The first-order valence-corrected chi connectivity index (χ1v) is 10.4. The molecule has 0 atom stereocenters. The normalized spacial score (nSPS) is 15.3. The van der Waals surface area contributed by atoms with Crippen molar-refractivity contribution >= 4 is 39.8 Å². The van der Waals surface area contributed by atoms with Crippen molar-refractivity contribution in [1.82, 2.24) is 4.90 Å². The molecule has 0 aromatic heterocycles. The number of hydrogen-bond acceptors (Lipinski definition) is 5. The van der Waals surface area contributed by atoms with Crippen LogP contribution in [-0.4, -0.2) is 29.8 Å². The molecule has 30 heavy (non-hydrogen) atoms. The number of fused-ring (bicyclic) bond motifs is 1. The van der Waals surface area contributed by atoms with Gasteiger partial charge in [0.2, 0.25) is 0 Å². The first-order valence-electron chi connectivity index (χ1n) is 9.63. The molecule has 0 N–H and O–H groups in total. The number of thioether (sulfide) groups is 1. The minimum absolute atomic E-state index is 0.246. The van der Waals surface area contributed by atoms with Crippen LogP contribution in [0.3, 0.4) is 0 Å². The molecule has 152 valence electrons. The molecular formula is C24H21NO4S. The van der Waals surface area contributed by atoms with E-state index in [0.717, 1.165) is 33.7 Å². The standard InChI is InChI=1S/C24H21NO4S/c1-3-29-20-12-11-16(13-21(20)28-2)14-22-23(26)25(24(27)30-22)15-18-9-6-8-17-7-4-5-10-19(17)18/h4-14H,3,15H2,1-2H3/b22-14+. The van der Waals surface area contributed by atoms with Gasteiger partial charge in [-0.2, -0.15) is 0 Å². The molecule has 1 heterocycles. The lowest BCUT2D eigenvalue weighted by molar-refractivity contribution is -0.123. The first kappa shape index (κ1) is 20.0. The summed E-state index contributed by atoms with van der Waals surface area (Å²) in [7, 11) is 1.57. The van der Waals surface area contributed by atoms with Crippen LogP contribution in [0.15, 0.2) is 65.6 Å². The summed E-state index contributed by atoms with van der Waals surface area (Å²) in [6, 6.07) is 19.3. The van der Waals surface area contributed by atoms with Gasteiger partial charge < -0.3 is 9.47 Å². The van der Waals surface area contributed by atoms with Crippen LogP contribution >= 0.6 is 11.8 Å². The van der Waals surface area contributed by atoms with E-state index in [1.54, 1.807) is 25.3 Å². The minimum atomic E-state index is -0.286. The van der Waals surface area contributed by atoms with Gasteiger partial charge in [0.1, 0.15) is 0 Å². The van der Waals surface area contributed by atoms with Crippen LogP contribution < -0.4 is 9.47 Å². The average Bonchev–Trinajstić information content (AvgIpc) is 3.02. The van der Waals surface area contributed by atoms with E-state index in [-0.39, 0.29) is 17.7 Å². The fraction of sp³-hybridized carbons (Fsp3) is 0.167. The van der Waals surface area contributed by atoms with E-state index in [1.807, 2.05) is 55.5 Å². The second-order valence-electron chi connectivity index (χ2n) is 6.75. The summed E-state index contributed by atoms with van der Waals surface area (Å²) in [5.41, 5.74) is 1.71. The van der Waals surface area contributed by atoms with Crippen molar-refractivity contribution < 1.29 is 19.1 Å². The zero-order valence-corrected chi connectivity index (χ0v) is 17.6. The van der Waals surface area contributed by atoms with Crippen molar-refractivity contribution in [3.8, 4) is 11.5 Å². The van der Waals surface area contributed by atoms with Crippen LogP contribution in [0.1, 0.15) is 18.1 Å². The molecule has 3 aromatic carbocycles. The van der Waals surface area contributed by atoms with E-state index in [9.17, 15) is 9.59 Å². The zero-order valence-electron chi connectivity index (χ0n) is 16.8. The largest absolute Gasteiger partial charge is 0.493 e. The SMILES string of the molecule is CCOc1ccc(/C=C2/SC(=O)N(Cc3cccc4ccccc34)C2=O)cc1OC. The van der Waals surface area contributed by atoms with Gasteiger partial charge in [0.25, 0.3) is 11.1 Å². The molecule has 3 aromatic rings.